The molecule has 6 aromatic rings. The van der Waals surface area contributed by atoms with E-state index >= 15 is 0 Å². The minimum atomic E-state index is -0.0522. The van der Waals surface area contributed by atoms with Crippen molar-refractivity contribution in [3.63, 3.8) is 0 Å². The Morgan fingerprint density at radius 3 is 1.79 bits per heavy atom. The highest BCUT2D eigenvalue weighted by Crippen LogP contribution is 2.41. The van der Waals surface area contributed by atoms with Crippen LogP contribution in [0.2, 0.25) is 0 Å². The first-order chi connectivity index (χ1) is 19.0. The molecule has 1 N–H and O–H groups in total. The van der Waals surface area contributed by atoms with Crippen molar-refractivity contribution in [3.8, 4) is 11.3 Å². The highest BCUT2D eigenvalue weighted by atomic mass is 32.1. The molecule has 3 heteroatoms. The second-order valence-electron chi connectivity index (χ2n) is 10.9. The van der Waals surface area contributed by atoms with Crippen molar-refractivity contribution < 1.29 is 0 Å². The summed E-state index contributed by atoms with van der Waals surface area (Å²) in [4.78, 5) is 5.36. The second kappa shape index (κ2) is 10.7. The van der Waals surface area contributed by atoms with Crippen molar-refractivity contribution in [1.82, 2.24) is 4.98 Å². The van der Waals surface area contributed by atoms with Gasteiger partial charge in [-0.15, -0.1) is 11.3 Å². The summed E-state index contributed by atoms with van der Waals surface area (Å²) < 4.78 is 0. The van der Waals surface area contributed by atoms with Gasteiger partial charge in [0.05, 0.1) is 5.69 Å². The summed E-state index contributed by atoms with van der Waals surface area (Å²) in [5, 5.41) is 12.3. The van der Waals surface area contributed by atoms with Crippen LogP contribution in [0.5, 0.6) is 0 Å². The molecule has 0 aliphatic carbocycles. The van der Waals surface area contributed by atoms with E-state index < -0.39 is 0 Å². The molecule has 0 amide bonds. The summed E-state index contributed by atoms with van der Waals surface area (Å²) in [7, 11) is 0. The van der Waals surface area contributed by atoms with E-state index in [0.717, 1.165) is 10.7 Å². The number of rotatable bonds is 7. The van der Waals surface area contributed by atoms with Gasteiger partial charge in [0.25, 0.3) is 0 Å². The minimum absolute atomic E-state index is 0.0522. The van der Waals surface area contributed by atoms with E-state index in [1.807, 2.05) is 0 Å². The van der Waals surface area contributed by atoms with Crippen LogP contribution in [0.4, 0.5) is 5.69 Å². The van der Waals surface area contributed by atoms with Gasteiger partial charge in [-0.25, -0.2) is 4.98 Å². The molecule has 6 rings (SSSR count). The van der Waals surface area contributed by atoms with Crippen LogP contribution in [0, 0.1) is 0 Å². The van der Waals surface area contributed by atoms with E-state index in [4.69, 9.17) is 4.98 Å². The third-order valence-corrected chi connectivity index (χ3v) is 8.50. The zero-order valence-corrected chi connectivity index (χ0v) is 23.8. The van der Waals surface area contributed by atoms with Crippen molar-refractivity contribution in [1.29, 1.82) is 0 Å². The molecule has 194 valence electrons. The molecule has 1 heterocycles. The van der Waals surface area contributed by atoms with Crippen molar-refractivity contribution in [2.75, 3.05) is 5.32 Å². The standard InChI is InChI=1S/C36H34N2S/c1-23(2)28-19-12-20-29(24(3)4)35(28)38-34(25-13-6-5-7-14-25)36-37-32(22-39-36)33-30-17-10-8-15-26(30)21-27-16-9-11-18-31(27)33/h5-24,34,38H,1-4H3. The summed E-state index contributed by atoms with van der Waals surface area (Å²) >= 11 is 1.74. The Hall–Kier alpha value is -3.95. The molecule has 0 aliphatic heterocycles. The molecule has 0 bridgehead atoms. The molecule has 0 spiro atoms. The first kappa shape index (κ1) is 25.3. The maximum atomic E-state index is 5.36. The fourth-order valence-electron chi connectivity index (χ4n) is 5.62. The highest BCUT2D eigenvalue weighted by molar-refractivity contribution is 7.10. The molecule has 1 aromatic heterocycles. The average molecular weight is 527 g/mol. The Bertz CT molecular complexity index is 1670. The number of benzene rings is 5. The number of nitrogens with one attached hydrogen (secondary N) is 1. The molecule has 0 fully saturated rings. The van der Waals surface area contributed by atoms with Gasteiger partial charge < -0.3 is 5.32 Å². The van der Waals surface area contributed by atoms with Crippen LogP contribution in [-0.2, 0) is 0 Å². The second-order valence-corrected chi connectivity index (χ2v) is 11.8. The smallest absolute Gasteiger partial charge is 0.120 e. The molecule has 39 heavy (non-hydrogen) atoms. The lowest BCUT2D eigenvalue weighted by molar-refractivity contribution is 0.820. The Morgan fingerprint density at radius 1 is 0.641 bits per heavy atom. The van der Waals surface area contributed by atoms with Crippen LogP contribution in [0.3, 0.4) is 0 Å². The zero-order valence-electron chi connectivity index (χ0n) is 23.0. The van der Waals surface area contributed by atoms with Gasteiger partial charge in [-0.2, -0.15) is 0 Å². The fourth-order valence-corrected chi connectivity index (χ4v) is 6.50. The van der Waals surface area contributed by atoms with Gasteiger partial charge >= 0.3 is 0 Å². The summed E-state index contributed by atoms with van der Waals surface area (Å²) in [6.07, 6.45) is 0. The number of fused-ring (bicyclic) bond motifs is 2. The molecule has 0 saturated carbocycles. The van der Waals surface area contributed by atoms with Crippen LogP contribution in [0.1, 0.15) is 67.3 Å². The molecule has 0 saturated heterocycles. The molecule has 0 radical (unpaired) electrons. The number of nitrogens with zero attached hydrogens (tertiary/aromatic N) is 1. The highest BCUT2D eigenvalue weighted by Gasteiger charge is 2.23. The van der Waals surface area contributed by atoms with E-state index in [9.17, 15) is 0 Å². The number of aromatic nitrogens is 1. The SMILES string of the molecule is CC(C)c1cccc(C(C)C)c1NC(c1ccccc1)c1nc(-c2c3ccccc3cc3ccccc23)cs1. The Morgan fingerprint density at radius 2 is 1.21 bits per heavy atom. The van der Waals surface area contributed by atoms with Crippen molar-refractivity contribution in [2.24, 2.45) is 0 Å². The topological polar surface area (TPSA) is 24.9 Å². The first-order valence-corrected chi connectivity index (χ1v) is 14.7. The van der Waals surface area contributed by atoms with E-state index in [0.29, 0.717) is 11.8 Å². The Balaban J connectivity index is 1.52. The minimum Gasteiger partial charge on any atom is -0.372 e. The van der Waals surface area contributed by atoms with Crippen LogP contribution < -0.4 is 5.32 Å². The normalized spacial score (nSPS) is 12.5. The fraction of sp³-hybridized carbons (Fsp3) is 0.194. The largest absolute Gasteiger partial charge is 0.372 e. The molecule has 2 nitrogen and oxygen atoms in total. The lowest BCUT2D eigenvalue weighted by Crippen LogP contribution is -2.16. The van der Waals surface area contributed by atoms with Crippen molar-refractivity contribution in [2.45, 2.75) is 45.6 Å². The van der Waals surface area contributed by atoms with E-state index in [1.54, 1.807) is 11.3 Å². The predicted molar refractivity (Wildman–Crippen MR) is 169 cm³/mol. The predicted octanol–water partition coefficient (Wildman–Crippen LogP) is 10.6. The summed E-state index contributed by atoms with van der Waals surface area (Å²) in [6.45, 7) is 9.09. The number of thiazole rings is 1. The molecular formula is C36H34N2S. The van der Waals surface area contributed by atoms with Crippen molar-refractivity contribution in [3.05, 3.63) is 130 Å². The van der Waals surface area contributed by atoms with E-state index in [-0.39, 0.29) is 6.04 Å². The number of anilines is 1. The lowest BCUT2D eigenvalue weighted by atomic mass is 9.92. The van der Waals surface area contributed by atoms with Gasteiger partial charge in [-0.3, -0.25) is 0 Å². The molecule has 0 aliphatic rings. The third kappa shape index (κ3) is 4.84. The number of hydrogen-bond acceptors (Lipinski definition) is 3. The van der Waals surface area contributed by atoms with Gasteiger partial charge in [0.2, 0.25) is 0 Å². The summed E-state index contributed by atoms with van der Waals surface area (Å²) in [5.74, 6) is 0.827. The van der Waals surface area contributed by atoms with Gasteiger partial charge in [-0.05, 0) is 56.1 Å². The number of hydrogen-bond donors (Lipinski definition) is 1. The molecule has 1 atom stereocenters. The molecule has 5 aromatic carbocycles. The quantitative estimate of drug-likeness (QED) is 0.209. The summed E-state index contributed by atoms with van der Waals surface area (Å²) in [6, 6.07) is 37.0. The average Bonchev–Trinajstić information content (AvgIpc) is 3.44. The molecule has 1 unspecified atom stereocenters. The van der Waals surface area contributed by atoms with Gasteiger partial charge in [-0.1, -0.05) is 125 Å². The maximum Gasteiger partial charge on any atom is 0.120 e. The number of para-hydroxylation sites is 1. The Kier molecular flexibility index (Phi) is 6.93. The monoisotopic (exact) mass is 526 g/mol. The summed E-state index contributed by atoms with van der Waals surface area (Å²) in [5.41, 5.74) is 7.39. The van der Waals surface area contributed by atoms with Crippen molar-refractivity contribution >= 4 is 38.6 Å². The third-order valence-electron chi connectivity index (χ3n) is 7.59. The maximum absolute atomic E-state index is 5.36. The van der Waals surface area contributed by atoms with Crippen LogP contribution >= 0.6 is 11.3 Å². The van der Waals surface area contributed by atoms with Crippen LogP contribution in [0.15, 0.2) is 109 Å². The van der Waals surface area contributed by atoms with Crippen LogP contribution in [0.25, 0.3) is 32.8 Å². The van der Waals surface area contributed by atoms with Gasteiger partial charge in [0.15, 0.2) is 0 Å². The first-order valence-electron chi connectivity index (χ1n) is 13.8. The van der Waals surface area contributed by atoms with E-state index in [2.05, 4.69) is 142 Å². The Labute approximate surface area is 235 Å². The lowest BCUT2D eigenvalue weighted by Gasteiger charge is -2.26. The van der Waals surface area contributed by atoms with E-state index in [1.165, 1.54) is 49.5 Å². The zero-order chi connectivity index (χ0) is 26.9. The van der Waals surface area contributed by atoms with Gasteiger partial charge in [0.1, 0.15) is 11.0 Å². The molecular weight excluding hydrogens is 492 g/mol. The van der Waals surface area contributed by atoms with Gasteiger partial charge in [0, 0.05) is 16.6 Å². The van der Waals surface area contributed by atoms with Crippen LogP contribution in [-0.4, -0.2) is 4.98 Å².